The van der Waals surface area contributed by atoms with Gasteiger partial charge in [-0.15, -0.1) is 0 Å². The van der Waals surface area contributed by atoms with Gasteiger partial charge in [-0.3, -0.25) is 4.79 Å². The molecule has 3 N–H and O–H groups in total. The van der Waals surface area contributed by atoms with Crippen molar-refractivity contribution in [2.24, 2.45) is 5.73 Å². The molecule has 1 amide bonds. The lowest BCUT2D eigenvalue weighted by molar-refractivity contribution is -0.116. The molecule has 0 aromatic heterocycles. The van der Waals surface area contributed by atoms with E-state index in [1.807, 2.05) is 32.0 Å². The third-order valence-corrected chi connectivity index (χ3v) is 2.51. The van der Waals surface area contributed by atoms with E-state index >= 15 is 0 Å². The Kier molecular flexibility index (Phi) is 4.43. The summed E-state index contributed by atoms with van der Waals surface area (Å²) in [5, 5.41) is 2.85. The van der Waals surface area contributed by atoms with E-state index in [1.54, 1.807) is 0 Å². The number of rotatable bonds is 4. The lowest BCUT2D eigenvalue weighted by Crippen LogP contribution is -2.14. The molecule has 1 aromatic rings. The molecule has 16 heavy (non-hydrogen) atoms. The fourth-order valence-electron chi connectivity index (χ4n) is 1.35. The van der Waals surface area contributed by atoms with E-state index in [0.29, 0.717) is 11.4 Å². The third kappa shape index (κ3) is 3.31. The Bertz CT molecular complexity index is 415. The smallest absolute Gasteiger partial charge is 0.224 e. The lowest BCUT2D eigenvalue weighted by atomic mass is 10.1. The molecule has 0 saturated carbocycles. The summed E-state index contributed by atoms with van der Waals surface area (Å²) in [4.78, 5) is 11.8. The van der Waals surface area contributed by atoms with Crippen molar-refractivity contribution >= 4 is 28.8 Å². The van der Waals surface area contributed by atoms with Crippen molar-refractivity contribution in [2.45, 2.75) is 26.7 Å². The van der Waals surface area contributed by atoms with Crippen molar-refractivity contribution in [3.8, 4) is 0 Å². The van der Waals surface area contributed by atoms with Crippen molar-refractivity contribution in [3.63, 3.8) is 0 Å². The highest BCUT2D eigenvalue weighted by Crippen LogP contribution is 2.17. The predicted molar refractivity (Wildman–Crippen MR) is 70.6 cm³/mol. The molecule has 0 aliphatic carbocycles. The average Bonchev–Trinajstić information content (AvgIpc) is 2.21. The van der Waals surface area contributed by atoms with Crippen LogP contribution in [-0.2, 0) is 4.79 Å². The zero-order valence-electron chi connectivity index (χ0n) is 9.54. The summed E-state index contributed by atoms with van der Waals surface area (Å²) in [6.07, 6.45) is 1.36. The highest BCUT2D eigenvalue weighted by Gasteiger charge is 2.05. The molecular formula is C12H16N2OS. The van der Waals surface area contributed by atoms with Crippen molar-refractivity contribution in [1.29, 1.82) is 0 Å². The van der Waals surface area contributed by atoms with Crippen molar-refractivity contribution < 1.29 is 4.79 Å². The van der Waals surface area contributed by atoms with Crippen LogP contribution in [0.4, 0.5) is 5.69 Å². The van der Waals surface area contributed by atoms with Crippen molar-refractivity contribution in [1.82, 2.24) is 0 Å². The molecule has 1 aromatic carbocycles. The quantitative estimate of drug-likeness (QED) is 0.789. The number of anilines is 1. The Morgan fingerprint density at radius 1 is 1.50 bits per heavy atom. The Morgan fingerprint density at radius 2 is 2.19 bits per heavy atom. The largest absolute Gasteiger partial charge is 0.389 e. The van der Waals surface area contributed by atoms with Gasteiger partial charge >= 0.3 is 0 Å². The second kappa shape index (κ2) is 5.61. The molecule has 4 heteroatoms. The minimum absolute atomic E-state index is 0.0192. The van der Waals surface area contributed by atoms with Crippen LogP contribution >= 0.6 is 12.2 Å². The Morgan fingerprint density at radius 3 is 2.75 bits per heavy atom. The summed E-state index contributed by atoms with van der Waals surface area (Å²) in [6.45, 7) is 3.91. The van der Waals surface area contributed by atoms with Crippen LogP contribution < -0.4 is 11.1 Å². The second-order valence-electron chi connectivity index (χ2n) is 3.69. The summed E-state index contributed by atoms with van der Waals surface area (Å²) in [5.41, 5.74) is 8.10. The van der Waals surface area contributed by atoms with Crippen LogP contribution in [0.3, 0.4) is 0 Å². The van der Waals surface area contributed by atoms with Gasteiger partial charge < -0.3 is 11.1 Å². The predicted octanol–water partition coefficient (Wildman–Crippen LogP) is 2.37. The van der Waals surface area contributed by atoms with Gasteiger partial charge in [0.25, 0.3) is 0 Å². The molecule has 0 atom stereocenters. The van der Waals surface area contributed by atoms with Crippen molar-refractivity contribution in [2.75, 3.05) is 5.32 Å². The maximum absolute atomic E-state index is 11.5. The Labute approximate surface area is 101 Å². The molecule has 0 spiro atoms. The molecular weight excluding hydrogens is 220 g/mol. The van der Waals surface area contributed by atoms with Crippen LogP contribution in [0.15, 0.2) is 18.2 Å². The second-order valence-corrected chi connectivity index (χ2v) is 4.13. The number of carbonyl (C=O) groups excluding carboxylic acids is 1. The van der Waals surface area contributed by atoms with Gasteiger partial charge in [-0.05, 0) is 25.0 Å². The van der Waals surface area contributed by atoms with E-state index in [9.17, 15) is 4.79 Å². The van der Waals surface area contributed by atoms with Gasteiger partial charge in [-0.1, -0.05) is 31.3 Å². The fourth-order valence-corrected chi connectivity index (χ4v) is 1.48. The van der Waals surface area contributed by atoms with E-state index < -0.39 is 0 Å². The van der Waals surface area contributed by atoms with Gasteiger partial charge in [0.05, 0.1) is 0 Å². The number of hydrogen-bond donors (Lipinski definition) is 2. The molecule has 0 aliphatic rings. The molecule has 1 rings (SSSR count). The van der Waals surface area contributed by atoms with Gasteiger partial charge in [-0.2, -0.15) is 0 Å². The first-order valence-corrected chi connectivity index (χ1v) is 5.65. The molecule has 0 fully saturated rings. The summed E-state index contributed by atoms with van der Waals surface area (Å²) in [7, 11) is 0. The number of nitrogens with two attached hydrogens (primary N) is 1. The number of carbonyl (C=O) groups is 1. The number of amides is 1. The molecule has 0 saturated heterocycles. The zero-order valence-corrected chi connectivity index (χ0v) is 10.4. The van der Waals surface area contributed by atoms with E-state index in [4.69, 9.17) is 18.0 Å². The average molecular weight is 236 g/mol. The van der Waals surface area contributed by atoms with Crippen LogP contribution in [-0.4, -0.2) is 10.9 Å². The Hall–Kier alpha value is -1.42. The zero-order chi connectivity index (χ0) is 12.1. The van der Waals surface area contributed by atoms with Gasteiger partial charge in [0, 0.05) is 17.7 Å². The molecule has 3 nitrogen and oxygen atoms in total. The highest BCUT2D eigenvalue weighted by molar-refractivity contribution is 7.80. The van der Waals surface area contributed by atoms with Crippen molar-refractivity contribution in [3.05, 3.63) is 29.3 Å². The lowest BCUT2D eigenvalue weighted by Gasteiger charge is -2.09. The van der Waals surface area contributed by atoms with Gasteiger partial charge in [0.2, 0.25) is 5.91 Å². The summed E-state index contributed by atoms with van der Waals surface area (Å²) in [6, 6.07) is 5.56. The minimum Gasteiger partial charge on any atom is -0.389 e. The molecule has 0 aliphatic heterocycles. The van der Waals surface area contributed by atoms with Crippen LogP contribution in [0.5, 0.6) is 0 Å². The molecule has 0 bridgehead atoms. The molecule has 0 radical (unpaired) electrons. The standard InChI is InChI=1S/C12H16N2OS/c1-3-4-11(15)14-10-7-9(12(13)16)6-5-8(10)2/h5-7H,3-4H2,1-2H3,(H2,13,16)(H,14,15). The Balaban J connectivity index is 2.90. The third-order valence-electron chi connectivity index (χ3n) is 2.27. The van der Waals surface area contributed by atoms with E-state index in [0.717, 1.165) is 23.2 Å². The van der Waals surface area contributed by atoms with E-state index in [-0.39, 0.29) is 5.91 Å². The molecule has 86 valence electrons. The van der Waals surface area contributed by atoms with Crippen LogP contribution in [0.25, 0.3) is 0 Å². The van der Waals surface area contributed by atoms with Crippen LogP contribution in [0.1, 0.15) is 30.9 Å². The van der Waals surface area contributed by atoms with Crippen LogP contribution in [0.2, 0.25) is 0 Å². The maximum atomic E-state index is 11.5. The minimum atomic E-state index is 0.0192. The monoisotopic (exact) mass is 236 g/mol. The summed E-state index contributed by atoms with van der Waals surface area (Å²) in [5.74, 6) is 0.0192. The number of benzene rings is 1. The number of hydrogen-bond acceptors (Lipinski definition) is 2. The topological polar surface area (TPSA) is 55.1 Å². The number of thiocarbonyl (C=S) groups is 1. The summed E-state index contributed by atoms with van der Waals surface area (Å²) >= 11 is 4.89. The fraction of sp³-hybridized carbons (Fsp3) is 0.333. The van der Waals surface area contributed by atoms with Crippen LogP contribution in [0, 0.1) is 6.92 Å². The first-order valence-electron chi connectivity index (χ1n) is 5.25. The van der Waals surface area contributed by atoms with E-state index in [2.05, 4.69) is 5.32 Å². The van der Waals surface area contributed by atoms with Gasteiger partial charge in [-0.25, -0.2) is 0 Å². The maximum Gasteiger partial charge on any atom is 0.224 e. The highest BCUT2D eigenvalue weighted by atomic mass is 32.1. The van der Waals surface area contributed by atoms with Gasteiger partial charge in [0.1, 0.15) is 4.99 Å². The normalized spacial score (nSPS) is 9.88. The van der Waals surface area contributed by atoms with E-state index in [1.165, 1.54) is 0 Å². The number of aryl methyl sites for hydroxylation is 1. The molecule has 0 heterocycles. The number of nitrogens with one attached hydrogen (secondary N) is 1. The SMILES string of the molecule is CCCC(=O)Nc1cc(C(N)=S)ccc1C. The first kappa shape index (κ1) is 12.6. The molecule has 0 unspecified atom stereocenters. The van der Waals surface area contributed by atoms with Gasteiger partial charge in [0.15, 0.2) is 0 Å². The summed E-state index contributed by atoms with van der Waals surface area (Å²) < 4.78 is 0. The first-order chi connectivity index (χ1) is 7.54.